The van der Waals surface area contributed by atoms with E-state index in [1.165, 1.54) is 0 Å². The minimum atomic E-state index is 0. The number of hydrogen-bond acceptors (Lipinski definition) is 0. The summed E-state index contributed by atoms with van der Waals surface area (Å²) in [6, 6.07) is 0. The van der Waals surface area contributed by atoms with E-state index in [-0.39, 0.29) is 7.43 Å². The second kappa shape index (κ2) is 0.592. The molecule has 17 heteroatoms. The van der Waals surface area contributed by atoms with Crippen LogP contribution in [-0.4, -0.2) is 9.86 Å². The van der Waals surface area contributed by atoms with Gasteiger partial charge < -0.3 is 0 Å². The van der Waals surface area contributed by atoms with Gasteiger partial charge in [0.1, 0.15) is 0 Å². The van der Waals surface area contributed by atoms with Crippen molar-refractivity contribution >= 4 is 45.2 Å². The van der Waals surface area contributed by atoms with Crippen molar-refractivity contribution in [2.45, 2.75) is 7.43 Å². The van der Waals surface area contributed by atoms with Crippen LogP contribution in [0.5, 0.6) is 0 Å². The van der Waals surface area contributed by atoms with E-state index < -0.39 is 0 Å². The van der Waals surface area contributed by atoms with E-state index in [4.69, 9.17) is 0 Å². The van der Waals surface area contributed by atoms with Crippen molar-refractivity contribution in [3.63, 3.8) is 0 Å². The van der Waals surface area contributed by atoms with E-state index >= 15 is 0 Å². The van der Waals surface area contributed by atoms with E-state index in [1.54, 1.807) is 0 Å². The molecule has 0 bridgehead atoms. The van der Waals surface area contributed by atoms with E-state index in [2.05, 4.69) is 45.2 Å². The molecule has 0 unspecified atom stereocenters. The second-order valence-electron chi connectivity index (χ2n) is 0. The fraction of sp³-hybridized carbons (Fsp3) is 1.00. The summed E-state index contributed by atoms with van der Waals surface area (Å²) in [5.74, 6) is 0. The van der Waals surface area contributed by atoms with Crippen LogP contribution in [0.3, 0.4) is 0 Å². The zero-order chi connectivity index (χ0) is 4.00. The van der Waals surface area contributed by atoms with Crippen molar-refractivity contribution in [3.05, 3.63) is 0 Å². The smallest absolute Gasteiger partial charge is 0 e. The average Bonchev–Trinajstić information content (AvgIpc) is 1.50. The van der Waals surface area contributed by atoms with Gasteiger partial charge in [-0.3, -0.25) is 0 Å². The Balaban J connectivity index is -0.000000000139. The van der Waals surface area contributed by atoms with E-state index in [1.807, 2.05) is 9.86 Å². The Morgan fingerprint density at radius 3 is 0.250 bits per heavy atom. The molecule has 0 amide bonds. The zero-order valence-electron chi connectivity index (χ0n) is 6.76. The first-order valence-corrected chi connectivity index (χ1v) is 5.07. The molecule has 0 aliphatic heterocycles. The van der Waals surface area contributed by atoms with Crippen molar-refractivity contribution in [2.24, 2.45) is 0 Å². The molecule has 0 fully saturated rings. The van der Waals surface area contributed by atoms with Crippen LogP contribution in [-0.2, 0) is 0 Å². The molecule has 0 heterocycles. The first kappa shape index (κ1) is 1.45. The average molecular weight is 4180 g/mol. The van der Waals surface area contributed by atoms with Gasteiger partial charge in [-0.1, -0.05) is 52.6 Å². The Kier molecular flexibility index (Phi) is 0.0428. The maximum atomic E-state index is 2.15. The molecular formula is C3H10I2No15. The SMILES string of the molecule is C.CI.CI.[No].[No].[No].[No].[No].[No].[No].[No].[No].[No].[No].[No].[No].[No].[No]. The monoisotopic (exact) mass is 4190 g/mol. The molecule has 0 saturated carbocycles. The quantitative estimate of drug-likeness (QED) is 0.259. The van der Waals surface area contributed by atoms with Gasteiger partial charge in [-0.2, -0.15) is 0 Å². The molecule has 0 nitrogen and oxygen atoms in total. The van der Waals surface area contributed by atoms with Crippen LogP contribution in [0, 0.1) is 0 Å². The molecule has 0 aliphatic carbocycles. The van der Waals surface area contributed by atoms with Crippen LogP contribution in [0.25, 0.3) is 0 Å². The van der Waals surface area contributed by atoms with Gasteiger partial charge in [0.15, 0.2) is 0 Å². The van der Waals surface area contributed by atoms with Gasteiger partial charge in [-0.15, -0.1) is 0 Å². The molecular weight excluding hydrogens is 4170 g/mol. The molecule has 0 aromatic heterocycles. The molecule has 0 aliphatic rings. The summed E-state index contributed by atoms with van der Waals surface area (Å²) in [4.78, 5) is 3.94. The fourth-order valence-corrected chi connectivity index (χ4v) is 0. The number of halogens is 2. The fourth-order valence-electron chi connectivity index (χ4n) is 0. The molecule has 0 N–H and O–H groups in total. The van der Waals surface area contributed by atoms with Gasteiger partial charge in [0.05, 0.1) is 0 Å². The van der Waals surface area contributed by atoms with Gasteiger partial charge >= 0.3 is 0 Å². The van der Waals surface area contributed by atoms with Crippen molar-refractivity contribution in [3.8, 4) is 0 Å². The Bertz CT molecular complexity index is 21.1. The van der Waals surface area contributed by atoms with Crippen LogP contribution < -0.4 is 0 Å². The summed E-state index contributed by atoms with van der Waals surface area (Å²) in [5, 5.41) is 0. The van der Waals surface area contributed by atoms with Gasteiger partial charge in [0, 0.05) is 0 Å². The van der Waals surface area contributed by atoms with E-state index in [9.17, 15) is 0 Å². The molecule has 0 saturated heterocycles. The number of alkyl halides is 2. The number of hydrogen-bond donors (Lipinski definition) is 0. The summed E-state index contributed by atoms with van der Waals surface area (Å²) in [7, 11) is 0. The molecule has 0 spiro atoms. The van der Waals surface area contributed by atoms with Crippen molar-refractivity contribution in [1.82, 2.24) is 0 Å². The first-order chi connectivity index (χ1) is 2.00. The third-order valence-electron chi connectivity index (χ3n) is 0. The Morgan fingerprint density at radius 1 is 0.250 bits per heavy atom. The van der Waals surface area contributed by atoms with Gasteiger partial charge in [-0.05, 0) is 9.86 Å². The maximum Gasteiger partial charge on any atom is 0 e. The van der Waals surface area contributed by atoms with Crippen LogP contribution >= 0.6 is 45.2 Å². The van der Waals surface area contributed by atoms with Gasteiger partial charge in [0.2, 0.25) is 0 Å². The largest absolute Gasteiger partial charge is 0.0901 e. The molecule has 246 valence electrons. The van der Waals surface area contributed by atoms with Crippen molar-refractivity contribution in [1.29, 1.82) is 0 Å². The van der Waals surface area contributed by atoms with Gasteiger partial charge in [-0.25, -0.2) is 0 Å². The van der Waals surface area contributed by atoms with Crippen LogP contribution in [0.4, 0.5) is 0 Å². The molecule has 20 heavy (non-hydrogen) atoms. The topological polar surface area (TPSA) is 0 Å². The molecule has 0 aromatic carbocycles. The summed E-state index contributed by atoms with van der Waals surface area (Å²) in [5.41, 5.74) is 0. The molecule has 0 aromatic rings. The normalized spacial score (nSPS) is 0.600. The first-order valence-electron chi connectivity index (χ1n) is 0.756. The summed E-state index contributed by atoms with van der Waals surface area (Å²) >= 11 is 4.30. The van der Waals surface area contributed by atoms with Crippen LogP contribution in [0.15, 0.2) is 0 Å². The van der Waals surface area contributed by atoms with Crippen LogP contribution in [0.2, 0.25) is 0 Å². The maximum absolute atomic E-state index is 2.15. The minimum Gasteiger partial charge on any atom is -0.0901 e. The predicted octanol–water partition coefficient (Wildman–Crippen LogP) is 2.74. The Hall–Kier alpha value is -13.5. The van der Waals surface area contributed by atoms with Crippen LogP contribution in [0.1, 0.15) is 7.43 Å². The van der Waals surface area contributed by atoms with Gasteiger partial charge in [0.25, 0.3) is 0 Å². The minimum absolute atomic E-state index is 0. The summed E-state index contributed by atoms with van der Waals surface area (Å²) < 4.78 is 0. The third-order valence-corrected chi connectivity index (χ3v) is 0. The molecule has 0 rings (SSSR count). The van der Waals surface area contributed by atoms with Crippen molar-refractivity contribution in [2.75, 3.05) is 9.86 Å². The van der Waals surface area contributed by atoms with E-state index in [0.29, 0.717) is 0 Å². The third kappa shape index (κ3) is 0.291. The standard InChI is InChI=1S/2CH3I.CH4.15No/c2*1-2;;;;;;;;;;;;;;;;/h2*1H3;1H4;;;;;;;;;;;;;;;. The Labute approximate surface area is 62.0 Å². The van der Waals surface area contributed by atoms with E-state index in [0.717, 1.165) is 0 Å². The zero-order valence-corrected chi connectivity index (χ0v) is 44.5. The number of rotatable bonds is 0. The Morgan fingerprint density at radius 2 is 0.250 bits per heavy atom. The second-order valence-corrected chi connectivity index (χ2v) is 0. The van der Waals surface area contributed by atoms with Crippen molar-refractivity contribution < 1.29 is 0 Å². The molecule has 0 atom stereocenters. The predicted molar refractivity (Wildman–Crippen MR) is 46.6 cm³/mol. The summed E-state index contributed by atoms with van der Waals surface area (Å²) in [6.07, 6.45) is 0. The summed E-state index contributed by atoms with van der Waals surface area (Å²) in [6.45, 7) is 0. The molecule has 0 radical (unpaired) electrons.